The maximum atomic E-state index is 12.6. The molecular formula is C13H13Cl2NO3S. The van der Waals surface area contributed by atoms with Crippen LogP contribution in [0.3, 0.4) is 0 Å². The minimum absolute atomic E-state index is 0.0714. The van der Waals surface area contributed by atoms with Gasteiger partial charge in [-0.1, -0.05) is 23.7 Å². The van der Waals surface area contributed by atoms with E-state index in [1.165, 1.54) is 18.2 Å². The third-order valence-electron chi connectivity index (χ3n) is 3.03. The van der Waals surface area contributed by atoms with E-state index in [-0.39, 0.29) is 21.5 Å². The maximum absolute atomic E-state index is 12.6. The van der Waals surface area contributed by atoms with Crippen molar-refractivity contribution in [3.63, 3.8) is 0 Å². The number of rotatable bonds is 5. The predicted octanol–water partition coefficient (Wildman–Crippen LogP) is 3.06. The van der Waals surface area contributed by atoms with Crippen molar-refractivity contribution >= 4 is 37.2 Å². The summed E-state index contributed by atoms with van der Waals surface area (Å²) in [6.07, 6.45) is 3.39. The van der Waals surface area contributed by atoms with Crippen molar-refractivity contribution in [1.82, 2.24) is 4.90 Å². The van der Waals surface area contributed by atoms with Gasteiger partial charge in [0.05, 0.1) is 15.5 Å². The zero-order valence-electron chi connectivity index (χ0n) is 10.6. The number of amides is 1. The van der Waals surface area contributed by atoms with Crippen LogP contribution in [0.25, 0.3) is 0 Å². The highest BCUT2D eigenvalue weighted by Gasteiger charge is 2.35. The van der Waals surface area contributed by atoms with Crippen LogP contribution in [0.15, 0.2) is 35.7 Å². The summed E-state index contributed by atoms with van der Waals surface area (Å²) in [7, 11) is 1.34. The molecule has 0 atom stereocenters. The molecule has 1 aromatic carbocycles. The molecule has 0 aliphatic heterocycles. The Balaban J connectivity index is 2.50. The number of halogens is 2. The lowest BCUT2D eigenvalue weighted by Crippen LogP contribution is -2.34. The third-order valence-corrected chi connectivity index (χ3v) is 4.71. The monoisotopic (exact) mass is 333 g/mol. The van der Waals surface area contributed by atoms with Crippen LogP contribution in [-0.2, 0) is 9.05 Å². The Morgan fingerprint density at radius 2 is 2.10 bits per heavy atom. The molecule has 0 bridgehead atoms. The Bertz CT molecular complexity index is 654. The third kappa shape index (κ3) is 3.16. The van der Waals surface area contributed by atoms with Crippen LogP contribution in [0.1, 0.15) is 23.2 Å². The van der Waals surface area contributed by atoms with Gasteiger partial charge in [-0.2, -0.15) is 0 Å². The molecule has 20 heavy (non-hydrogen) atoms. The van der Waals surface area contributed by atoms with Crippen LogP contribution >= 0.6 is 22.3 Å². The smallest absolute Gasteiger partial charge is 0.262 e. The molecule has 0 saturated heterocycles. The fourth-order valence-electron chi connectivity index (χ4n) is 1.98. The molecular weight excluding hydrogens is 321 g/mol. The summed E-state index contributed by atoms with van der Waals surface area (Å²) in [4.78, 5) is 13.9. The van der Waals surface area contributed by atoms with Gasteiger partial charge in [-0.15, -0.1) is 6.58 Å². The first-order valence-corrected chi connectivity index (χ1v) is 8.70. The van der Waals surface area contributed by atoms with E-state index >= 15 is 0 Å². The van der Waals surface area contributed by atoms with Gasteiger partial charge in [-0.25, -0.2) is 8.42 Å². The van der Waals surface area contributed by atoms with Gasteiger partial charge in [0, 0.05) is 23.3 Å². The van der Waals surface area contributed by atoms with Gasteiger partial charge in [-0.05, 0) is 25.0 Å². The van der Waals surface area contributed by atoms with E-state index in [0.29, 0.717) is 6.54 Å². The molecule has 1 fully saturated rings. The molecule has 0 heterocycles. The SMILES string of the molecule is C=CCN(C(=O)c1c(Cl)cccc1S(=O)(=O)Cl)C1CC1. The largest absolute Gasteiger partial charge is 0.332 e. The Morgan fingerprint density at radius 3 is 2.60 bits per heavy atom. The summed E-state index contributed by atoms with van der Waals surface area (Å²) in [5.41, 5.74) is -0.0714. The minimum Gasteiger partial charge on any atom is -0.332 e. The van der Waals surface area contributed by atoms with Gasteiger partial charge in [0.2, 0.25) is 0 Å². The first-order valence-electron chi connectivity index (χ1n) is 6.01. The van der Waals surface area contributed by atoms with E-state index in [9.17, 15) is 13.2 Å². The van der Waals surface area contributed by atoms with Crippen molar-refractivity contribution in [3.05, 3.63) is 41.4 Å². The average molecular weight is 334 g/mol. The molecule has 1 amide bonds. The van der Waals surface area contributed by atoms with Crippen LogP contribution < -0.4 is 0 Å². The molecule has 0 unspecified atom stereocenters. The number of hydrogen-bond donors (Lipinski definition) is 0. The standard InChI is InChI=1S/C13H13Cl2NO3S/c1-2-8-16(9-6-7-9)13(17)12-10(14)4-3-5-11(12)20(15,18)19/h2-5,9H,1,6-8H2. The molecule has 108 valence electrons. The Labute approximate surface area is 127 Å². The van der Waals surface area contributed by atoms with Crippen LogP contribution in [0.4, 0.5) is 0 Å². The molecule has 0 aromatic heterocycles. The summed E-state index contributed by atoms with van der Waals surface area (Å²) in [5, 5.41) is 0.0754. The van der Waals surface area contributed by atoms with Crippen molar-refractivity contribution in [2.45, 2.75) is 23.8 Å². The highest BCUT2D eigenvalue weighted by molar-refractivity contribution is 8.13. The summed E-state index contributed by atoms with van der Waals surface area (Å²) >= 11 is 6.00. The van der Waals surface area contributed by atoms with Crippen molar-refractivity contribution in [1.29, 1.82) is 0 Å². The molecule has 4 nitrogen and oxygen atoms in total. The zero-order valence-corrected chi connectivity index (χ0v) is 12.9. The molecule has 0 spiro atoms. The van der Waals surface area contributed by atoms with Crippen LogP contribution in [0.2, 0.25) is 5.02 Å². The topological polar surface area (TPSA) is 54.5 Å². The van der Waals surface area contributed by atoms with Gasteiger partial charge in [-0.3, -0.25) is 4.79 Å². The van der Waals surface area contributed by atoms with Gasteiger partial charge in [0.15, 0.2) is 0 Å². The van der Waals surface area contributed by atoms with Gasteiger partial charge in [0.1, 0.15) is 0 Å². The quantitative estimate of drug-likeness (QED) is 0.614. The number of carbonyl (C=O) groups is 1. The van der Waals surface area contributed by atoms with Crippen molar-refractivity contribution < 1.29 is 13.2 Å². The van der Waals surface area contributed by atoms with Crippen molar-refractivity contribution in [2.75, 3.05) is 6.54 Å². The summed E-state index contributed by atoms with van der Waals surface area (Å²) in [6.45, 7) is 3.95. The lowest BCUT2D eigenvalue weighted by molar-refractivity contribution is 0.0759. The Hall–Kier alpha value is -1.04. The second-order valence-corrected chi connectivity index (χ2v) is 7.47. The van der Waals surface area contributed by atoms with E-state index in [2.05, 4.69) is 6.58 Å². The van der Waals surface area contributed by atoms with Crippen LogP contribution in [-0.4, -0.2) is 31.8 Å². The number of carbonyl (C=O) groups excluding carboxylic acids is 1. The molecule has 0 radical (unpaired) electrons. The molecule has 0 N–H and O–H groups in total. The van der Waals surface area contributed by atoms with E-state index in [4.69, 9.17) is 22.3 Å². The number of nitrogens with zero attached hydrogens (tertiary/aromatic N) is 1. The van der Waals surface area contributed by atoms with E-state index in [0.717, 1.165) is 12.8 Å². The maximum Gasteiger partial charge on any atom is 0.262 e. The lowest BCUT2D eigenvalue weighted by atomic mass is 10.2. The summed E-state index contributed by atoms with van der Waals surface area (Å²) in [6, 6.07) is 4.31. The normalized spacial score (nSPS) is 14.9. The average Bonchev–Trinajstić information content (AvgIpc) is 3.18. The van der Waals surface area contributed by atoms with Gasteiger partial charge < -0.3 is 4.90 Å². The molecule has 1 aliphatic carbocycles. The van der Waals surface area contributed by atoms with E-state index < -0.39 is 15.0 Å². The zero-order chi connectivity index (χ0) is 14.9. The summed E-state index contributed by atoms with van der Waals surface area (Å²) < 4.78 is 23.2. The highest BCUT2D eigenvalue weighted by Crippen LogP contribution is 2.32. The second kappa shape index (κ2) is 5.76. The number of benzene rings is 1. The summed E-state index contributed by atoms with van der Waals surface area (Å²) in [5.74, 6) is -0.433. The second-order valence-electron chi connectivity index (χ2n) is 4.53. The van der Waals surface area contributed by atoms with Crippen molar-refractivity contribution in [2.24, 2.45) is 0 Å². The van der Waals surface area contributed by atoms with Crippen LogP contribution in [0, 0.1) is 0 Å². The Kier molecular flexibility index (Phi) is 4.42. The van der Waals surface area contributed by atoms with Gasteiger partial charge in [0.25, 0.3) is 15.0 Å². The van der Waals surface area contributed by atoms with E-state index in [1.54, 1.807) is 11.0 Å². The fraction of sp³-hybridized carbons (Fsp3) is 0.308. The molecule has 1 aromatic rings. The minimum atomic E-state index is -4.04. The van der Waals surface area contributed by atoms with Crippen molar-refractivity contribution in [3.8, 4) is 0 Å². The number of hydrogen-bond acceptors (Lipinski definition) is 3. The fourth-order valence-corrected chi connectivity index (χ4v) is 3.36. The molecule has 1 saturated carbocycles. The molecule has 2 rings (SSSR count). The first kappa shape index (κ1) is 15.4. The Morgan fingerprint density at radius 1 is 1.45 bits per heavy atom. The van der Waals surface area contributed by atoms with Crippen LogP contribution in [0.5, 0.6) is 0 Å². The highest BCUT2D eigenvalue weighted by atomic mass is 35.7. The first-order chi connectivity index (χ1) is 9.36. The van der Waals surface area contributed by atoms with Gasteiger partial charge >= 0.3 is 0 Å². The predicted molar refractivity (Wildman–Crippen MR) is 78.7 cm³/mol. The molecule has 1 aliphatic rings. The van der Waals surface area contributed by atoms with E-state index in [1.807, 2.05) is 0 Å². The lowest BCUT2D eigenvalue weighted by Gasteiger charge is -2.22. The molecule has 7 heteroatoms.